The van der Waals surface area contributed by atoms with Crippen LogP contribution in [-0.4, -0.2) is 24.4 Å². The summed E-state index contributed by atoms with van der Waals surface area (Å²) in [5.74, 6) is 5.17. The van der Waals surface area contributed by atoms with E-state index in [0.29, 0.717) is 11.3 Å². The van der Waals surface area contributed by atoms with E-state index < -0.39 is 0 Å². The zero-order valence-corrected chi connectivity index (χ0v) is 13.8. The van der Waals surface area contributed by atoms with E-state index in [0.717, 1.165) is 42.8 Å². The van der Waals surface area contributed by atoms with Crippen molar-refractivity contribution >= 4 is 0 Å². The molecular weight excluding hydrogens is 260 g/mol. The first-order valence-corrected chi connectivity index (χ1v) is 9.37. The maximum atomic E-state index is 10.2. The zero-order valence-electron chi connectivity index (χ0n) is 13.8. The molecule has 21 heavy (non-hydrogen) atoms. The highest BCUT2D eigenvalue weighted by molar-refractivity contribution is 5.06. The van der Waals surface area contributed by atoms with Crippen molar-refractivity contribution < 1.29 is 9.84 Å². The van der Waals surface area contributed by atoms with E-state index in [4.69, 9.17) is 4.74 Å². The lowest BCUT2D eigenvalue weighted by Gasteiger charge is -2.55. The summed E-state index contributed by atoms with van der Waals surface area (Å²) in [4.78, 5) is 0. The third kappa shape index (κ3) is 2.12. The summed E-state index contributed by atoms with van der Waals surface area (Å²) in [7, 11) is 0. The first-order valence-electron chi connectivity index (χ1n) is 9.37. The van der Waals surface area contributed by atoms with Crippen LogP contribution in [0.3, 0.4) is 0 Å². The van der Waals surface area contributed by atoms with Crippen molar-refractivity contribution in [2.45, 2.75) is 64.9 Å². The lowest BCUT2D eigenvalue weighted by Crippen LogP contribution is -2.50. The number of hydrogen-bond donors (Lipinski definition) is 1. The first-order chi connectivity index (χ1) is 10.1. The fraction of sp³-hybridized carbons (Fsp3) is 1.00. The van der Waals surface area contributed by atoms with Gasteiger partial charge < -0.3 is 9.84 Å². The van der Waals surface area contributed by atoms with Crippen LogP contribution in [0, 0.1) is 40.9 Å². The average molecular weight is 292 g/mol. The molecule has 4 aliphatic rings. The van der Waals surface area contributed by atoms with Gasteiger partial charge in [-0.1, -0.05) is 6.92 Å². The molecule has 0 aromatic rings. The first kappa shape index (κ1) is 14.5. The summed E-state index contributed by atoms with van der Waals surface area (Å²) >= 11 is 0. The molecule has 8 unspecified atom stereocenters. The molecule has 1 saturated heterocycles. The highest BCUT2D eigenvalue weighted by atomic mass is 16.5. The van der Waals surface area contributed by atoms with Gasteiger partial charge in [0, 0.05) is 13.2 Å². The molecule has 3 saturated carbocycles. The molecule has 1 heterocycles. The molecule has 2 nitrogen and oxygen atoms in total. The van der Waals surface area contributed by atoms with Crippen molar-refractivity contribution in [3.05, 3.63) is 0 Å². The zero-order chi connectivity index (χ0) is 14.6. The van der Waals surface area contributed by atoms with Crippen LogP contribution in [0.4, 0.5) is 0 Å². The molecule has 1 aliphatic heterocycles. The molecule has 3 aliphatic carbocycles. The molecular formula is C19H32O2. The number of aliphatic hydroxyl groups excluding tert-OH is 1. The summed E-state index contributed by atoms with van der Waals surface area (Å²) in [6, 6.07) is 0. The van der Waals surface area contributed by atoms with Gasteiger partial charge in [-0.2, -0.15) is 0 Å². The molecule has 4 fully saturated rings. The van der Waals surface area contributed by atoms with E-state index in [-0.39, 0.29) is 6.10 Å². The Balaban J connectivity index is 1.57. The van der Waals surface area contributed by atoms with Gasteiger partial charge in [0.1, 0.15) is 0 Å². The Hall–Kier alpha value is -0.0800. The number of rotatable bonds is 1. The molecule has 0 radical (unpaired) electrons. The topological polar surface area (TPSA) is 29.5 Å². The molecule has 0 bridgehead atoms. The lowest BCUT2D eigenvalue weighted by atomic mass is 9.50. The van der Waals surface area contributed by atoms with E-state index in [1.165, 1.54) is 44.9 Å². The Bertz CT molecular complexity index is 393. The van der Waals surface area contributed by atoms with Crippen LogP contribution in [0.15, 0.2) is 0 Å². The smallest absolute Gasteiger partial charge is 0.0545 e. The Morgan fingerprint density at radius 2 is 1.86 bits per heavy atom. The van der Waals surface area contributed by atoms with Crippen molar-refractivity contribution in [2.24, 2.45) is 40.9 Å². The summed E-state index contributed by atoms with van der Waals surface area (Å²) in [6.45, 7) is 6.57. The van der Waals surface area contributed by atoms with Gasteiger partial charge >= 0.3 is 0 Å². The molecule has 0 aromatic heterocycles. The van der Waals surface area contributed by atoms with Gasteiger partial charge in [-0.3, -0.25) is 0 Å². The number of aliphatic hydroxyl groups is 1. The van der Waals surface area contributed by atoms with Crippen molar-refractivity contribution in [3.63, 3.8) is 0 Å². The van der Waals surface area contributed by atoms with E-state index in [2.05, 4.69) is 6.92 Å². The van der Waals surface area contributed by atoms with E-state index in [1.807, 2.05) is 6.92 Å². The van der Waals surface area contributed by atoms with Crippen molar-refractivity contribution in [1.29, 1.82) is 0 Å². The molecule has 4 rings (SSSR count). The van der Waals surface area contributed by atoms with Crippen molar-refractivity contribution in [1.82, 2.24) is 0 Å². The molecule has 0 aromatic carbocycles. The molecule has 0 amide bonds. The van der Waals surface area contributed by atoms with Gasteiger partial charge in [0.05, 0.1) is 6.10 Å². The predicted octanol–water partition coefficient (Wildman–Crippen LogP) is 3.87. The Morgan fingerprint density at radius 3 is 2.67 bits per heavy atom. The fourth-order valence-electron chi connectivity index (χ4n) is 7.18. The average Bonchev–Trinajstić information content (AvgIpc) is 2.84. The van der Waals surface area contributed by atoms with Crippen molar-refractivity contribution in [3.8, 4) is 0 Å². The molecule has 8 atom stereocenters. The van der Waals surface area contributed by atoms with Crippen LogP contribution < -0.4 is 0 Å². The van der Waals surface area contributed by atoms with Crippen LogP contribution in [-0.2, 0) is 4.74 Å². The molecule has 2 heteroatoms. The highest BCUT2D eigenvalue weighted by Crippen LogP contribution is 2.64. The van der Waals surface area contributed by atoms with Gasteiger partial charge in [0.25, 0.3) is 0 Å². The molecule has 1 N–H and O–H groups in total. The summed E-state index contributed by atoms with van der Waals surface area (Å²) < 4.78 is 5.74. The second-order valence-corrected chi connectivity index (χ2v) is 8.77. The summed E-state index contributed by atoms with van der Waals surface area (Å²) in [5.41, 5.74) is 0.424. The quantitative estimate of drug-likeness (QED) is 0.795. The van der Waals surface area contributed by atoms with Gasteiger partial charge in [-0.25, -0.2) is 0 Å². The standard InChI is InChI=1S/C19H32O2/c1-12(20)17-5-6-18-16-4-3-13-11-21-10-8-14(13)15(16)7-9-19(17,18)2/h12-18,20H,3-11H2,1-2H3. The van der Waals surface area contributed by atoms with Gasteiger partial charge in [0.2, 0.25) is 0 Å². The predicted molar refractivity (Wildman–Crippen MR) is 83.9 cm³/mol. The summed E-state index contributed by atoms with van der Waals surface area (Å²) in [6.07, 6.45) is 9.45. The molecule has 0 spiro atoms. The third-order valence-corrected chi connectivity index (χ3v) is 8.10. The second kappa shape index (κ2) is 5.23. The largest absolute Gasteiger partial charge is 0.393 e. The maximum absolute atomic E-state index is 10.2. The SMILES string of the molecule is CC(O)C1CCC2C3CCC4COCCC4C3CCC12C. The Kier molecular flexibility index (Phi) is 3.61. The third-order valence-electron chi connectivity index (χ3n) is 8.10. The Labute approximate surface area is 129 Å². The van der Waals surface area contributed by atoms with E-state index in [1.54, 1.807) is 0 Å². The second-order valence-electron chi connectivity index (χ2n) is 8.77. The minimum atomic E-state index is -0.115. The van der Waals surface area contributed by atoms with E-state index in [9.17, 15) is 5.11 Å². The monoisotopic (exact) mass is 292 g/mol. The van der Waals surface area contributed by atoms with Crippen LogP contribution in [0.1, 0.15) is 58.8 Å². The highest BCUT2D eigenvalue weighted by Gasteiger charge is 2.57. The normalized spacial score (nSPS) is 54.4. The van der Waals surface area contributed by atoms with Crippen LogP contribution >= 0.6 is 0 Å². The van der Waals surface area contributed by atoms with Crippen LogP contribution in [0.25, 0.3) is 0 Å². The number of fused-ring (bicyclic) bond motifs is 5. The number of ether oxygens (including phenoxy) is 1. The maximum Gasteiger partial charge on any atom is 0.0545 e. The van der Waals surface area contributed by atoms with Crippen LogP contribution in [0.2, 0.25) is 0 Å². The minimum absolute atomic E-state index is 0.115. The minimum Gasteiger partial charge on any atom is -0.393 e. The Morgan fingerprint density at radius 1 is 1.00 bits per heavy atom. The van der Waals surface area contributed by atoms with Gasteiger partial charge in [-0.15, -0.1) is 0 Å². The lowest BCUT2D eigenvalue weighted by molar-refractivity contribution is -0.105. The van der Waals surface area contributed by atoms with Gasteiger partial charge in [-0.05, 0) is 92.8 Å². The van der Waals surface area contributed by atoms with E-state index >= 15 is 0 Å². The summed E-state index contributed by atoms with van der Waals surface area (Å²) in [5, 5.41) is 10.2. The van der Waals surface area contributed by atoms with Gasteiger partial charge in [0.15, 0.2) is 0 Å². The van der Waals surface area contributed by atoms with Crippen molar-refractivity contribution in [2.75, 3.05) is 13.2 Å². The fourth-order valence-corrected chi connectivity index (χ4v) is 7.18. The number of hydrogen-bond acceptors (Lipinski definition) is 2. The van der Waals surface area contributed by atoms with Crippen LogP contribution in [0.5, 0.6) is 0 Å². The molecule has 120 valence electrons.